The number of ether oxygens (including phenoxy) is 2. The van der Waals surface area contributed by atoms with Crippen molar-refractivity contribution in [3.63, 3.8) is 0 Å². The van der Waals surface area contributed by atoms with E-state index in [0.29, 0.717) is 25.3 Å². The number of nitrogens with one attached hydrogen (secondary N) is 1. The minimum absolute atomic E-state index is 0.397. The predicted molar refractivity (Wildman–Crippen MR) is 84.1 cm³/mol. The van der Waals surface area contributed by atoms with E-state index in [-0.39, 0.29) is 0 Å². The summed E-state index contributed by atoms with van der Waals surface area (Å²) in [5, 5.41) is 3.59. The zero-order chi connectivity index (χ0) is 14.7. The molecule has 0 aliphatic carbocycles. The molecule has 2 heterocycles. The van der Waals surface area contributed by atoms with Crippen LogP contribution >= 0.6 is 0 Å². The summed E-state index contributed by atoms with van der Waals surface area (Å²) in [5.74, 6) is 1.76. The van der Waals surface area contributed by atoms with Gasteiger partial charge in [-0.15, -0.1) is 0 Å². The summed E-state index contributed by atoms with van der Waals surface area (Å²) < 4.78 is 11.3. The molecule has 0 amide bonds. The molecule has 2 aliphatic heterocycles. The van der Waals surface area contributed by atoms with Crippen LogP contribution < -0.4 is 14.8 Å². The first-order valence-electron chi connectivity index (χ1n) is 8.15. The van der Waals surface area contributed by atoms with Gasteiger partial charge in [0.15, 0.2) is 11.5 Å². The Morgan fingerprint density at radius 3 is 2.81 bits per heavy atom. The van der Waals surface area contributed by atoms with E-state index in [9.17, 15) is 0 Å². The summed E-state index contributed by atoms with van der Waals surface area (Å²) in [7, 11) is 0. The van der Waals surface area contributed by atoms with Crippen LogP contribution in [0.25, 0.3) is 0 Å². The van der Waals surface area contributed by atoms with E-state index in [1.807, 2.05) is 6.07 Å². The second-order valence-electron chi connectivity index (χ2n) is 5.96. The van der Waals surface area contributed by atoms with Crippen molar-refractivity contribution < 1.29 is 9.47 Å². The number of fused-ring (bicyclic) bond motifs is 1. The third-order valence-corrected chi connectivity index (χ3v) is 4.62. The predicted octanol–water partition coefficient (Wildman–Crippen LogP) is 2.59. The number of hydrogen-bond acceptors (Lipinski definition) is 4. The van der Waals surface area contributed by atoms with Gasteiger partial charge in [0.25, 0.3) is 0 Å². The molecule has 0 bridgehead atoms. The molecule has 1 aromatic rings. The first kappa shape index (κ1) is 14.7. The normalized spacial score (nSPS) is 22.5. The highest BCUT2D eigenvalue weighted by atomic mass is 16.6. The first-order valence-corrected chi connectivity index (χ1v) is 8.15. The van der Waals surface area contributed by atoms with Gasteiger partial charge in [0.1, 0.15) is 13.2 Å². The molecule has 3 rings (SSSR count). The average molecular weight is 290 g/mol. The number of nitrogens with zero attached hydrogens (tertiary/aromatic N) is 1. The molecule has 2 aliphatic rings. The Hall–Kier alpha value is -1.26. The summed E-state index contributed by atoms with van der Waals surface area (Å²) in [6.45, 7) is 9.17. The SMILES string of the molecule is CCN(CC1CCCN1)C(C)c1ccc2c(c1)OCCO2. The Bertz CT molecular complexity index is 472. The topological polar surface area (TPSA) is 33.7 Å². The molecule has 0 saturated carbocycles. The largest absolute Gasteiger partial charge is 0.486 e. The van der Waals surface area contributed by atoms with Gasteiger partial charge >= 0.3 is 0 Å². The van der Waals surface area contributed by atoms with Gasteiger partial charge in [-0.2, -0.15) is 0 Å². The van der Waals surface area contributed by atoms with Crippen molar-refractivity contribution in [2.24, 2.45) is 0 Å². The fraction of sp³-hybridized carbons (Fsp3) is 0.647. The number of hydrogen-bond donors (Lipinski definition) is 1. The maximum absolute atomic E-state index is 5.71. The van der Waals surface area contributed by atoms with E-state index in [2.05, 4.69) is 36.2 Å². The van der Waals surface area contributed by atoms with Gasteiger partial charge in [0, 0.05) is 18.6 Å². The smallest absolute Gasteiger partial charge is 0.161 e. The molecular weight excluding hydrogens is 264 g/mol. The fourth-order valence-electron chi connectivity index (χ4n) is 3.29. The molecule has 1 N–H and O–H groups in total. The Kier molecular flexibility index (Phi) is 4.66. The van der Waals surface area contributed by atoms with Gasteiger partial charge in [-0.3, -0.25) is 4.90 Å². The molecule has 2 unspecified atom stereocenters. The zero-order valence-electron chi connectivity index (χ0n) is 13.1. The van der Waals surface area contributed by atoms with Gasteiger partial charge in [-0.05, 0) is 50.6 Å². The third kappa shape index (κ3) is 3.33. The van der Waals surface area contributed by atoms with Gasteiger partial charge in [0.05, 0.1) is 0 Å². The Morgan fingerprint density at radius 2 is 2.10 bits per heavy atom. The quantitative estimate of drug-likeness (QED) is 0.904. The van der Waals surface area contributed by atoms with Crippen LogP contribution in [0.5, 0.6) is 11.5 Å². The van der Waals surface area contributed by atoms with Crippen molar-refractivity contribution in [2.75, 3.05) is 32.8 Å². The van der Waals surface area contributed by atoms with E-state index in [1.54, 1.807) is 0 Å². The Labute approximate surface area is 127 Å². The summed E-state index contributed by atoms with van der Waals surface area (Å²) in [4.78, 5) is 2.54. The minimum atomic E-state index is 0.397. The lowest BCUT2D eigenvalue weighted by Crippen LogP contribution is -2.38. The molecule has 1 saturated heterocycles. The molecule has 0 aromatic heterocycles. The third-order valence-electron chi connectivity index (χ3n) is 4.62. The molecule has 4 nitrogen and oxygen atoms in total. The minimum Gasteiger partial charge on any atom is -0.486 e. The summed E-state index contributed by atoms with van der Waals surface area (Å²) >= 11 is 0. The van der Waals surface area contributed by atoms with Gasteiger partial charge in [-0.25, -0.2) is 0 Å². The second kappa shape index (κ2) is 6.67. The Balaban J connectivity index is 1.71. The van der Waals surface area contributed by atoms with E-state index >= 15 is 0 Å². The monoisotopic (exact) mass is 290 g/mol. The van der Waals surface area contributed by atoms with Crippen molar-refractivity contribution in [1.82, 2.24) is 10.2 Å². The second-order valence-corrected chi connectivity index (χ2v) is 5.96. The standard InChI is InChI=1S/C17H26N2O2/c1-3-19(12-15-5-4-8-18-15)13(2)14-6-7-16-17(11-14)21-10-9-20-16/h6-7,11,13,15,18H,3-5,8-10,12H2,1-2H3. The molecule has 116 valence electrons. The van der Waals surface area contributed by atoms with Crippen LogP contribution in [0.2, 0.25) is 0 Å². The van der Waals surface area contributed by atoms with Gasteiger partial charge in [-0.1, -0.05) is 13.0 Å². The van der Waals surface area contributed by atoms with Crippen molar-refractivity contribution in [1.29, 1.82) is 0 Å². The summed E-state index contributed by atoms with van der Waals surface area (Å²) in [6, 6.07) is 7.40. The lowest BCUT2D eigenvalue weighted by Gasteiger charge is -2.31. The van der Waals surface area contributed by atoms with E-state index in [4.69, 9.17) is 9.47 Å². The van der Waals surface area contributed by atoms with Crippen molar-refractivity contribution in [2.45, 2.75) is 38.8 Å². The van der Waals surface area contributed by atoms with Crippen LogP contribution in [0.3, 0.4) is 0 Å². The molecule has 0 spiro atoms. The molecule has 1 fully saturated rings. The lowest BCUT2D eigenvalue weighted by atomic mass is 10.0. The van der Waals surface area contributed by atoms with Crippen molar-refractivity contribution in [3.05, 3.63) is 23.8 Å². The van der Waals surface area contributed by atoms with Crippen LogP contribution in [0.15, 0.2) is 18.2 Å². The van der Waals surface area contributed by atoms with Crippen molar-refractivity contribution >= 4 is 0 Å². The maximum Gasteiger partial charge on any atom is 0.161 e. The van der Waals surface area contributed by atoms with E-state index in [1.165, 1.54) is 24.9 Å². The number of likely N-dealkylation sites (N-methyl/N-ethyl adjacent to an activating group) is 1. The average Bonchev–Trinajstić information content (AvgIpc) is 3.04. The van der Waals surface area contributed by atoms with Crippen LogP contribution in [0.4, 0.5) is 0 Å². The summed E-state index contributed by atoms with van der Waals surface area (Å²) in [6.07, 6.45) is 2.60. The van der Waals surface area contributed by atoms with Crippen molar-refractivity contribution in [3.8, 4) is 11.5 Å². The molecule has 21 heavy (non-hydrogen) atoms. The van der Waals surface area contributed by atoms with Crippen LogP contribution in [0.1, 0.15) is 38.3 Å². The first-order chi connectivity index (χ1) is 10.3. The zero-order valence-corrected chi connectivity index (χ0v) is 13.1. The van der Waals surface area contributed by atoms with E-state index in [0.717, 1.165) is 24.6 Å². The van der Waals surface area contributed by atoms with Gasteiger partial charge < -0.3 is 14.8 Å². The highest BCUT2D eigenvalue weighted by Gasteiger charge is 2.22. The van der Waals surface area contributed by atoms with Crippen LogP contribution in [0, 0.1) is 0 Å². The molecular formula is C17H26N2O2. The highest BCUT2D eigenvalue weighted by molar-refractivity contribution is 5.44. The highest BCUT2D eigenvalue weighted by Crippen LogP contribution is 2.34. The maximum atomic E-state index is 5.71. The van der Waals surface area contributed by atoms with Gasteiger partial charge in [0.2, 0.25) is 0 Å². The fourth-order valence-corrected chi connectivity index (χ4v) is 3.29. The number of rotatable bonds is 5. The van der Waals surface area contributed by atoms with Crippen LogP contribution in [-0.2, 0) is 0 Å². The molecule has 1 aromatic carbocycles. The molecule has 2 atom stereocenters. The molecule has 4 heteroatoms. The van der Waals surface area contributed by atoms with E-state index < -0.39 is 0 Å². The molecule has 0 radical (unpaired) electrons. The Morgan fingerprint density at radius 1 is 1.29 bits per heavy atom. The summed E-state index contributed by atoms with van der Waals surface area (Å²) in [5.41, 5.74) is 1.30. The van der Waals surface area contributed by atoms with Crippen LogP contribution in [-0.4, -0.2) is 43.8 Å². The lowest BCUT2D eigenvalue weighted by molar-refractivity contribution is 0.169. The number of benzene rings is 1.